The van der Waals surface area contributed by atoms with E-state index < -0.39 is 5.60 Å². The van der Waals surface area contributed by atoms with Crippen molar-refractivity contribution in [1.29, 1.82) is 0 Å². The Morgan fingerprint density at radius 1 is 1.13 bits per heavy atom. The van der Waals surface area contributed by atoms with Crippen molar-refractivity contribution >= 4 is 11.8 Å². The highest BCUT2D eigenvalue weighted by Crippen LogP contribution is 2.30. The van der Waals surface area contributed by atoms with E-state index in [9.17, 15) is 9.59 Å². The molecule has 0 amide bonds. The number of furan rings is 1. The largest absolute Gasteiger partial charge is 0.469 e. The summed E-state index contributed by atoms with van der Waals surface area (Å²) in [5.41, 5.74) is 1.03. The van der Waals surface area contributed by atoms with E-state index >= 15 is 0 Å². The molecule has 0 aliphatic carbocycles. The smallest absolute Gasteiger partial charge is 0.307 e. The number of benzene rings is 1. The van der Waals surface area contributed by atoms with Gasteiger partial charge in [-0.25, -0.2) is 0 Å². The second-order valence-corrected chi connectivity index (χ2v) is 6.54. The lowest BCUT2D eigenvalue weighted by Crippen LogP contribution is -2.25. The highest BCUT2D eigenvalue weighted by molar-refractivity contribution is 5.94. The number of ether oxygens (including phenoxy) is 1. The summed E-state index contributed by atoms with van der Waals surface area (Å²) in [5, 5.41) is 0. The molecule has 1 atom stereocenters. The van der Waals surface area contributed by atoms with Gasteiger partial charge in [0, 0.05) is 5.56 Å². The zero-order valence-electron chi connectivity index (χ0n) is 14.0. The number of hydrogen-bond donors (Lipinski definition) is 0. The van der Waals surface area contributed by atoms with Crippen LogP contribution < -0.4 is 0 Å². The Kier molecular flexibility index (Phi) is 5.04. The van der Waals surface area contributed by atoms with Crippen LogP contribution in [-0.4, -0.2) is 17.4 Å². The number of esters is 1. The van der Waals surface area contributed by atoms with Crippen LogP contribution in [0, 0.1) is 0 Å². The monoisotopic (exact) mass is 314 g/mol. The second-order valence-electron chi connectivity index (χ2n) is 6.54. The lowest BCUT2D eigenvalue weighted by molar-refractivity contribution is -0.155. The van der Waals surface area contributed by atoms with Crippen LogP contribution in [0.3, 0.4) is 0 Å². The molecule has 1 aromatic carbocycles. The van der Waals surface area contributed by atoms with Gasteiger partial charge in [-0.15, -0.1) is 0 Å². The van der Waals surface area contributed by atoms with Gasteiger partial charge in [-0.3, -0.25) is 9.59 Å². The summed E-state index contributed by atoms with van der Waals surface area (Å²) >= 11 is 0. The Morgan fingerprint density at radius 3 is 2.26 bits per heavy atom. The third-order valence-corrected chi connectivity index (χ3v) is 3.40. The number of carbonyl (C=O) groups excluding carboxylic acids is 2. The van der Waals surface area contributed by atoms with Gasteiger partial charge in [-0.2, -0.15) is 0 Å². The summed E-state index contributed by atoms with van der Waals surface area (Å²) in [6, 6.07) is 10.9. The summed E-state index contributed by atoms with van der Waals surface area (Å²) < 4.78 is 10.9. The molecule has 1 aromatic heterocycles. The van der Waals surface area contributed by atoms with Crippen LogP contribution in [0.15, 0.2) is 47.1 Å². The quantitative estimate of drug-likeness (QED) is 0.608. The molecule has 0 N–H and O–H groups in total. The lowest BCUT2D eigenvalue weighted by atomic mass is 9.92. The Bertz CT molecular complexity index is 660. The van der Waals surface area contributed by atoms with Crippen LogP contribution >= 0.6 is 0 Å². The maximum absolute atomic E-state index is 12.2. The normalized spacial score (nSPS) is 12.7. The van der Waals surface area contributed by atoms with Crippen molar-refractivity contribution in [2.45, 2.75) is 45.6 Å². The molecule has 2 rings (SSSR count). The van der Waals surface area contributed by atoms with Crippen LogP contribution in [0.4, 0.5) is 0 Å². The van der Waals surface area contributed by atoms with Gasteiger partial charge in [0.15, 0.2) is 5.78 Å². The van der Waals surface area contributed by atoms with Crippen molar-refractivity contribution < 1.29 is 18.7 Å². The standard InChI is InChI=1S/C19H22O4/c1-13(20)14-7-9-15(10-8-14)16(17-6-5-11-22-17)12-18(21)23-19(2,3)4/h5-11,16H,12H2,1-4H3/t16-/m0/s1. The van der Waals surface area contributed by atoms with Crippen LogP contribution in [0.1, 0.15) is 61.7 Å². The summed E-state index contributed by atoms with van der Waals surface area (Å²) in [7, 11) is 0. The summed E-state index contributed by atoms with van der Waals surface area (Å²) in [5.74, 6) is 0.195. The van der Waals surface area contributed by atoms with Gasteiger partial charge in [-0.1, -0.05) is 24.3 Å². The molecule has 4 heteroatoms. The van der Waals surface area contributed by atoms with Crippen molar-refractivity contribution in [1.82, 2.24) is 0 Å². The SMILES string of the molecule is CC(=O)c1ccc([C@H](CC(=O)OC(C)(C)C)c2ccco2)cc1. The van der Waals surface area contributed by atoms with Gasteiger partial charge in [0.25, 0.3) is 0 Å². The first-order valence-corrected chi connectivity index (χ1v) is 7.62. The highest BCUT2D eigenvalue weighted by atomic mass is 16.6. The van der Waals surface area contributed by atoms with E-state index in [2.05, 4.69) is 0 Å². The first-order chi connectivity index (χ1) is 10.8. The summed E-state index contributed by atoms with van der Waals surface area (Å²) in [6.07, 6.45) is 1.77. The minimum Gasteiger partial charge on any atom is -0.469 e. The molecular weight excluding hydrogens is 292 g/mol. The fraction of sp³-hybridized carbons (Fsp3) is 0.368. The number of hydrogen-bond acceptors (Lipinski definition) is 4. The molecule has 0 spiro atoms. The van der Waals surface area contributed by atoms with E-state index in [-0.39, 0.29) is 24.1 Å². The molecule has 0 aliphatic heterocycles. The van der Waals surface area contributed by atoms with E-state index in [0.717, 1.165) is 5.56 Å². The maximum Gasteiger partial charge on any atom is 0.307 e. The molecule has 1 heterocycles. The predicted molar refractivity (Wildman–Crippen MR) is 87.5 cm³/mol. The van der Waals surface area contributed by atoms with E-state index in [4.69, 9.17) is 9.15 Å². The van der Waals surface area contributed by atoms with E-state index in [1.165, 1.54) is 6.92 Å². The molecule has 0 unspecified atom stereocenters. The van der Waals surface area contributed by atoms with Crippen LogP contribution in [0.25, 0.3) is 0 Å². The maximum atomic E-state index is 12.2. The first-order valence-electron chi connectivity index (χ1n) is 7.62. The number of Topliss-reactive ketones (excluding diaryl/α,β-unsaturated/α-hetero) is 1. The van der Waals surface area contributed by atoms with Crippen LogP contribution in [-0.2, 0) is 9.53 Å². The number of rotatable bonds is 5. The van der Waals surface area contributed by atoms with Crippen molar-refractivity contribution in [3.63, 3.8) is 0 Å². The molecule has 0 bridgehead atoms. The van der Waals surface area contributed by atoms with Gasteiger partial charge in [0.2, 0.25) is 0 Å². The van der Waals surface area contributed by atoms with Crippen LogP contribution in [0.2, 0.25) is 0 Å². The van der Waals surface area contributed by atoms with E-state index in [1.54, 1.807) is 24.5 Å². The number of ketones is 1. The van der Waals surface area contributed by atoms with E-state index in [0.29, 0.717) is 11.3 Å². The second kappa shape index (κ2) is 6.82. The van der Waals surface area contributed by atoms with Crippen LogP contribution in [0.5, 0.6) is 0 Å². The minimum absolute atomic E-state index is 0.0123. The molecule has 2 aromatic rings. The number of carbonyl (C=O) groups is 2. The average molecular weight is 314 g/mol. The van der Waals surface area contributed by atoms with Crippen molar-refractivity contribution in [3.05, 3.63) is 59.5 Å². The molecule has 0 saturated carbocycles. The summed E-state index contributed by atoms with van der Waals surface area (Å²) in [4.78, 5) is 23.6. The van der Waals surface area contributed by atoms with Gasteiger partial charge in [0.05, 0.1) is 18.6 Å². The Hall–Kier alpha value is -2.36. The van der Waals surface area contributed by atoms with Gasteiger partial charge in [-0.05, 0) is 45.4 Å². The molecule has 4 nitrogen and oxygen atoms in total. The minimum atomic E-state index is -0.525. The van der Waals surface area contributed by atoms with Gasteiger partial charge >= 0.3 is 5.97 Å². The van der Waals surface area contributed by atoms with E-state index in [1.807, 2.05) is 39.0 Å². The Balaban J connectivity index is 2.25. The van der Waals surface area contributed by atoms with Gasteiger partial charge in [0.1, 0.15) is 11.4 Å². The van der Waals surface area contributed by atoms with Gasteiger partial charge < -0.3 is 9.15 Å². The Labute approximate surface area is 136 Å². The Morgan fingerprint density at radius 2 is 1.78 bits per heavy atom. The van der Waals surface area contributed by atoms with Crippen molar-refractivity contribution in [2.24, 2.45) is 0 Å². The van der Waals surface area contributed by atoms with Crippen molar-refractivity contribution in [2.75, 3.05) is 0 Å². The average Bonchev–Trinajstić information content (AvgIpc) is 2.97. The molecule has 0 saturated heterocycles. The zero-order chi connectivity index (χ0) is 17.0. The highest BCUT2D eigenvalue weighted by Gasteiger charge is 2.24. The summed E-state index contributed by atoms with van der Waals surface area (Å²) in [6.45, 7) is 7.05. The lowest BCUT2D eigenvalue weighted by Gasteiger charge is -2.22. The molecule has 122 valence electrons. The first kappa shape index (κ1) is 17.0. The van der Waals surface area contributed by atoms with Crippen molar-refractivity contribution in [3.8, 4) is 0 Å². The topological polar surface area (TPSA) is 56.5 Å². The molecular formula is C19H22O4. The fourth-order valence-electron chi connectivity index (χ4n) is 2.37. The molecule has 0 fully saturated rings. The molecule has 23 heavy (non-hydrogen) atoms. The molecule has 0 radical (unpaired) electrons. The third kappa shape index (κ3) is 4.81. The fourth-order valence-corrected chi connectivity index (χ4v) is 2.37. The molecule has 0 aliphatic rings. The zero-order valence-corrected chi connectivity index (χ0v) is 14.0. The predicted octanol–water partition coefficient (Wildman–Crippen LogP) is 4.35. The third-order valence-electron chi connectivity index (χ3n) is 3.40.